The van der Waals surface area contributed by atoms with Gasteiger partial charge >= 0.3 is 0 Å². The molecule has 1 fully saturated rings. The van der Waals surface area contributed by atoms with E-state index in [1.807, 2.05) is 0 Å². The molecular weight excluding hydrogens is 318 g/mol. The van der Waals surface area contributed by atoms with Gasteiger partial charge in [0.2, 0.25) is 0 Å². The van der Waals surface area contributed by atoms with Crippen LogP contribution >= 0.6 is 0 Å². The number of rotatable bonds is 4. The summed E-state index contributed by atoms with van der Waals surface area (Å²) < 4.78 is 32.8. The van der Waals surface area contributed by atoms with Crippen LogP contribution in [0.1, 0.15) is 18.0 Å². The zero-order valence-electron chi connectivity index (χ0n) is 12.7. The summed E-state index contributed by atoms with van der Waals surface area (Å²) >= 11 is 0. The van der Waals surface area contributed by atoms with Crippen LogP contribution in [0.25, 0.3) is 0 Å². The first-order valence-electron chi connectivity index (χ1n) is 7.50. The maximum absolute atomic E-state index is 14.0. The first-order chi connectivity index (χ1) is 11.5. The summed E-state index contributed by atoms with van der Waals surface area (Å²) in [4.78, 5) is 17.6. The van der Waals surface area contributed by atoms with Gasteiger partial charge in [-0.05, 0) is 36.8 Å². The van der Waals surface area contributed by atoms with Crippen LogP contribution in [0, 0.1) is 11.6 Å². The van der Waals surface area contributed by atoms with Crippen molar-refractivity contribution < 1.29 is 23.4 Å². The molecule has 2 atom stereocenters. The van der Waals surface area contributed by atoms with Crippen LogP contribution in [-0.4, -0.2) is 40.2 Å². The Morgan fingerprint density at radius 2 is 2.21 bits per heavy atom. The highest BCUT2D eigenvalue weighted by Crippen LogP contribution is 2.34. The van der Waals surface area contributed by atoms with Gasteiger partial charge in [0, 0.05) is 18.3 Å². The molecule has 1 amide bonds. The fourth-order valence-corrected chi connectivity index (χ4v) is 2.81. The minimum Gasteiger partial charge on any atom is -0.482 e. The first-order valence-corrected chi connectivity index (χ1v) is 7.50. The summed E-state index contributed by atoms with van der Waals surface area (Å²) in [5, 5.41) is 9.86. The minimum atomic E-state index is -0.792. The van der Waals surface area contributed by atoms with Gasteiger partial charge in [-0.1, -0.05) is 0 Å². The largest absolute Gasteiger partial charge is 0.482 e. The Morgan fingerprint density at radius 3 is 2.96 bits per heavy atom. The molecule has 126 valence electrons. The van der Waals surface area contributed by atoms with E-state index in [1.165, 1.54) is 11.1 Å². The van der Waals surface area contributed by atoms with Gasteiger partial charge in [-0.2, -0.15) is 0 Å². The zero-order valence-corrected chi connectivity index (χ0v) is 12.7. The molecule has 1 aliphatic rings. The maximum Gasteiger partial charge on any atom is 0.261 e. The van der Waals surface area contributed by atoms with Gasteiger partial charge in [0.05, 0.1) is 18.3 Å². The fourth-order valence-electron chi connectivity index (χ4n) is 2.81. The molecule has 0 aliphatic carbocycles. The summed E-state index contributed by atoms with van der Waals surface area (Å²) in [6.45, 7) is -0.221. The van der Waals surface area contributed by atoms with Gasteiger partial charge in [0.1, 0.15) is 17.4 Å². The molecule has 0 bridgehead atoms. The molecule has 0 radical (unpaired) electrons. The fraction of sp³-hybridized carbons (Fsp3) is 0.294. The van der Waals surface area contributed by atoms with E-state index in [4.69, 9.17) is 4.74 Å². The number of aliphatic hydroxyl groups excluding tert-OH is 1. The third kappa shape index (κ3) is 3.51. The summed E-state index contributed by atoms with van der Waals surface area (Å²) in [5.41, 5.74) is 0.0567. The Bertz CT molecular complexity index is 727. The Morgan fingerprint density at radius 1 is 1.38 bits per heavy atom. The van der Waals surface area contributed by atoms with Crippen LogP contribution in [0.5, 0.6) is 5.75 Å². The van der Waals surface area contributed by atoms with E-state index in [-0.39, 0.29) is 25.1 Å². The number of aromatic nitrogens is 1. The number of benzene rings is 1. The molecule has 1 aromatic heterocycles. The monoisotopic (exact) mass is 334 g/mol. The second kappa shape index (κ2) is 6.92. The standard InChI is InChI=1S/C17H16F2N2O3/c18-11-3-4-15(19)14(6-11)16-7-12(22)9-21(16)17(23)10-24-13-2-1-5-20-8-13/h1-6,8,12,16,22H,7,9-10H2/t12-,16-/m0/s1. The zero-order chi connectivity index (χ0) is 17.1. The van der Waals surface area contributed by atoms with Gasteiger partial charge in [-0.3, -0.25) is 9.78 Å². The van der Waals surface area contributed by atoms with Crippen LogP contribution in [0.3, 0.4) is 0 Å². The summed E-state index contributed by atoms with van der Waals surface area (Å²) in [6, 6.07) is 5.69. The van der Waals surface area contributed by atoms with Gasteiger partial charge < -0.3 is 14.7 Å². The lowest BCUT2D eigenvalue weighted by Crippen LogP contribution is -2.35. The lowest BCUT2D eigenvalue weighted by Gasteiger charge is -2.25. The SMILES string of the molecule is O=C(COc1cccnc1)N1C[C@@H](O)C[C@H]1c1cc(F)ccc1F. The van der Waals surface area contributed by atoms with E-state index in [0.29, 0.717) is 5.75 Å². The van der Waals surface area contributed by atoms with Crippen molar-refractivity contribution in [3.05, 3.63) is 59.9 Å². The van der Waals surface area contributed by atoms with Crippen molar-refractivity contribution in [3.63, 3.8) is 0 Å². The molecule has 1 N–H and O–H groups in total. The molecule has 0 saturated carbocycles. The quantitative estimate of drug-likeness (QED) is 0.930. The van der Waals surface area contributed by atoms with Crippen molar-refractivity contribution in [1.29, 1.82) is 0 Å². The van der Waals surface area contributed by atoms with E-state index in [0.717, 1.165) is 18.2 Å². The number of carbonyl (C=O) groups excluding carboxylic acids is 1. The predicted molar refractivity (Wildman–Crippen MR) is 81.2 cm³/mol. The molecule has 0 spiro atoms. The van der Waals surface area contributed by atoms with Gasteiger partial charge in [0.15, 0.2) is 6.61 Å². The second-order valence-electron chi connectivity index (χ2n) is 5.59. The molecule has 2 aromatic rings. The van der Waals surface area contributed by atoms with Crippen LogP contribution in [0.15, 0.2) is 42.7 Å². The number of β-amino-alcohol motifs (C(OH)–C–C–N with tert-alkyl or cyclic N) is 1. The average molecular weight is 334 g/mol. The summed E-state index contributed by atoms with van der Waals surface area (Å²) in [5.74, 6) is -1.18. The lowest BCUT2D eigenvalue weighted by atomic mass is 10.0. The number of ether oxygens (including phenoxy) is 1. The number of carbonyl (C=O) groups is 1. The molecule has 3 rings (SSSR count). The van der Waals surface area contributed by atoms with Crippen molar-refractivity contribution in [1.82, 2.24) is 9.88 Å². The second-order valence-corrected chi connectivity index (χ2v) is 5.59. The lowest BCUT2D eigenvalue weighted by molar-refractivity contribution is -0.134. The van der Waals surface area contributed by atoms with Crippen molar-refractivity contribution in [2.45, 2.75) is 18.6 Å². The van der Waals surface area contributed by atoms with Crippen LogP contribution in [0.2, 0.25) is 0 Å². The third-order valence-corrected chi connectivity index (χ3v) is 3.91. The van der Waals surface area contributed by atoms with Crippen LogP contribution < -0.4 is 4.74 Å². The molecular formula is C17H16F2N2O3. The highest BCUT2D eigenvalue weighted by molar-refractivity contribution is 5.78. The highest BCUT2D eigenvalue weighted by Gasteiger charge is 2.36. The minimum absolute atomic E-state index is 0.0514. The number of pyridine rings is 1. The number of hydrogen-bond acceptors (Lipinski definition) is 4. The van der Waals surface area contributed by atoms with E-state index < -0.39 is 29.7 Å². The molecule has 1 aromatic carbocycles. The normalized spacial score (nSPS) is 20.2. The van der Waals surface area contributed by atoms with E-state index in [2.05, 4.69) is 4.98 Å². The number of nitrogens with zero attached hydrogens (tertiary/aromatic N) is 2. The van der Waals surface area contributed by atoms with Gasteiger partial charge in [0.25, 0.3) is 5.91 Å². The number of halogens is 2. The smallest absolute Gasteiger partial charge is 0.261 e. The number of likely N-dealkylation sites (tertiary alicyclic amines) is 1. The van der Waals surface area contributed by atoms with Crippen molar-refractivity contribution in [2.24, 2.45) is 0 Å². The van der Waals surface area contributed by atoms with Crippen molar-refractivity contribution >= 4 is 5.91 Å². The molecule has 7 heteroatoms. The summed E-state index contributed by atoms with van der Waals surface area (Å²) in [7, 11) is 0. The Kier molecular flexibility index (Phi) is 4.71. The third-order valence-electron chi connectivity index (χ3n) is 3.91. The molecule has 2 heterocycles. The molecule has 5 nitrogen and oxygen atoms in total. The Balaban J connectivity index is 1.75. The van der Waals surface area contributed by atoms with E-state index in [1.54, 1.807) is 18.3 Å². The Hall–Kier alpha value is -2.54. The molecule has 1 saturated heterocycles. The predicted octanol–water partition coefficient (Wildman–Crippen LogP) is 2.07. The van der Waals surface area contributed by atoms with Crippen molar-refractivity contribution in [2.75, 3.05) is 13.2 Å². The molecule has 24 heavy (non-hydrogen) atoms. The van der Waals surface area contributed by atoms with Crippen LogP contribution in [-0.2, 0) is 4.79 Å². The van der Waals surface area contributed by atoms with Crippen LogP contribution in [0.4, 0.5) is 8.78 Å². The van der Waals surface area contributed by atoms with Crippen molar-refractivity contribution in [3.8, 4) is 5.75 Å². The number of amides is 1. The van der Waals surface area contributed by atoms with E-state index in [9.17, 15) is 18.7 Å². The molecule has 0 unspecified atom stereocenters. The summed E-state index contributed by atoms with van der Waals surface area (Å²) in [6.07, 6.45) is 2.41. The number of aliphatic hydroxyl groups is 1. The highest BCUT2D eigenvalue weighted by atomic mass is 19.1. The Labute approximate surface area is 137 Å². The molecule has 1 aliphatic heterocycles. The number of hydrogen-bond donors (Lipinski definition) is 1. The average Bonchev–Trinajstić information content (AvgIpc) is 2.97. The maximum atomic E-state index is 14.0. The van der Waals surface area contributed by atoms with E-state index >= 15 is 0 Å². The van der Waals surface area contributed by atoms with Gasteiger partial charge in [-0.15, -0.1) is 0 Å². The topological polar surface area (TPSA) is 62.7 Å². The first kappa shape index (κ1) is 16.3. The van der Waals surface area contributed by atoms with Gasteiger partial charge in [-0.25, -0.2) is 8.78 Å².